The zero-order chi connectivity index (χ0) is 10.8. The van der Waals surface area contributed by atoms with Crippen LogP contribution in [0.15, 0.2) is 21.3 Å². The zero-order valence-electron chi connectivity index (χ0n) is 7.90. The summed E-state index contributed by atoms with van der Waals surface area (Å²) in [5.74, 6) is 0.146. The number of hydrogen-bond donors (Lipinski definition) is 2. The minimum absolute atomic E-state index is 0.0745. The molecule has 0 spiro atoms. The number of phenolic OH excluding ortho intramolecular Hbond substituents is 1. The van der Waals surface area contributed by atoms with Gasteiger partial charge in [-0.05, 0) is 24.5 Å². The van der Waals surface area contributed by atoms with E-state index in [-0.39, 0.29) is 17.3 Å². The van der Waals surface area contributed by atoms with Gasteiger partial charge in [-0.15, -0.1) is 0 Å². The van der Waals surface area contributed by atoms with E-state index in [0.29, 0.717) is 28.7 Å². The van der Waals surface area contributed by atoms with Crippen LogP contribution in [0.1, 0.15) is 12.0 Å². The maximum Gasteiger partial charge on any atom is 0.396 e. The van der Waals surface area contributed by atoms with Crippen LogP contribution in [0.2, 0.25) is 0 Å². The summed E-state index contributed by atoms with van der Waals surface area (Å²) in [4.78, 5) is 10.6. The largest absolute Gasteiger partial charge is 0.508 e. The second-order valence-corrected chi connectivity index (χ2v) is 4.19. The second kappa shape index (κ2) is 4.04. The van der Waals surface area contributed by atoms with E-state index in [4.69, 9.17) is 9.52 Å². The van der Waals surface area contributed by atoms with E-state index in [9.17, 15) is 9.90 Å². The highest BCUT2D eigenvalue weighted by Gasteiger charge is 2.08. The van der Waals surface area contributed by atoms with Crippen molar-refractivity contribution in [2.45, 2.75) is 12.8 Å². The number of aliphatic hydroxyl groups excluding tert-OH is 1. The van der Waals surface area contributed by atoms with Crippen molar-refractivity contribution in [3.05, 3.63) is 27.4 Å². The fraction of sp³-hybridized carbons (Fsp3) is 0.300. The molecule has 80 valence electrons. The van der Waals surface area contributed by atoms with Crippen LogP contribution in [-0.4, -0.2) is 16.8 Å². The molecule has 0 radical (unpaired) electrons. The molecular weight excluding hydrogens is 216 g/mol. The Hall–Kier alpha value is -1.33. The number of hydrogen-bond acceptors (Lipinski definition) is 5. The summed E-state index contributed by atoms with van der Waals surface area (Å²) in [6.45, 7) is 0.0745. The first kappa shape index (κ1) is 10.2. The Morgan fingerprint density at radius 1 is 1.40 bits per heavy atom. The predicted molar refractivity (Wildman–Crippen MR) is 57.4 cm³/mol. The van der Waals surface area contributed by atoms with Gasteiger partial charge in [0.25, 0.3) is 0 Å². The molecule has 5 heteroatoms. The van der Waals surface area contributed by atoms with Crippen molar-refractivity contribution < 1.29 is 14.6 Å². The van der Waals surface area contributed by atoms with Gasteiger partial charge in [0.2, 0.25) is 0 Å². The van der Waals surface area contributed by atoms with Gasteiger partial charge in [-0.3, -0.25) is 0 Å². The molecule has 0 saturated heterocycles. The SMILES string of the molecule is O=c1oc2cc(CCCO)c(O)cc2s1. The lowest BCUT2D eigenvalue weighted by atomic mass is 10.1. The van der Waals surface area contributed by atoms with Gasteiger partial charge in [-0.2, -0.15) is 0 Å². The highest BCUT2D eigenvalue weighted by Crippen LogP contribution is 2.27. The first-order chi connectivity index (χ1) is 7.20. The Morgan fingerprint density at radius 3 is 2.93 bits per heavy atom. The molecule has 0 fully saturated rings. The van der Waals surface area contributed by atoms with Gasteiger partial charge in [-0.1, -0.05) is 11.3 Å². The molecule has 0 saturated carbocycles. The van der Waals surface area contributed by atoms with Crippen molar-refractivity contribution in [3.63, 3.8) is 0 Å². The van der Waals surface area contributed by atoms with Gasteiger partial charge in [0.15, 0.2) is 0 Å². The third-order valence-corrected chi connectivity index (χ3v) is 2.92. The lowest BCUT2D eigenvalue weighted by Gasteiger charge is -2.02. The van der Waals surface area contributed by atoms with Crippen LogP contribution in [0.4, 0.5) is 0 Å². The minimum atomic E-state index is -0.372. The van der Waals surface area contributed by atoms with Crippen LogP contribution in [-0.2, 0) is 6.42 Å². The van der Waals surface area contributed by atoms with Crippen molar-refractivity contribution in [3.8, 4) is 5.75 Å². The third kappa shape index (κ3) is 2.03. The maximum atomic E-state index is 11.0. The summed E-state index contributed by atoms with van der Waals surface area (Å²) < 4.78 is 5.58. The maximum absolute atomic E-state index is 11.0. The first-order valence-corrected chi connectivity index (χ1v) is 5.39. The summed E-state index contributed by atoms with van der Waals surface area (Å²) >= 11 is 0.967. The molecule has 1 heterocycles. The van der Waals surface area contributed by atoms with Crippen LogP contribution >= 0.6 is 11.3 Å². The average Bonchev–Trinajstić information content (AvgIpc) is 2.53. The fourth-order valence-electron chi connectivity index (χ4n) is 1.42. The minimum Gasteiger partial charge on any atom is -0.508 e. The van der Waals surface area contributed by atoms with Crippen LogP contribution in [0.5, 0.6) is 5.75 Å². The molecule has 0 aliphatic heterocycles. The Labute approximate surface area is 89.4 Å². The van der Waals surface area contributed by atoms with Crippen LogP contribution < -0.4 is 4.94 Å². The topological polar surface area (TPSA) is 70.7 Å². The lowest BCUT2D eigenvalue weighted by molar-refractivity contribution is 0.288. The Balaban J connectivity index is 2.46. The molecule has 1 aromatic carbocycles. The van der Waals surface area contributed by atoms with E-state index in [2.05, 4.69) is 0 Å². The lowest BCUT2D eigenvalue weighted by Crippen LogP contribution is -1.89. The monoisotopic (exact) mass is 226 g/mol. The first-order valence-electron chi connectivity index (χ1n) is 4.57. The van der Waals surface area contributed by atoms with Gasteiger partial charge >= 0.3 is 4.94 Å². The van der Waals surface area contributed by atoms with E-state index in [1.54, 1.807) is 6.07 Å². The van der Waals surface area contributed by atoms with Gasteiger partial charge in [0.1, 0.15) is 11.3 Å². The molecule has 4 nitrogen and oxygen atoms in total. The zero-order valence-corrected chi connectivity index (χ0v) is 8.71. The smallest absolute Gasteiger partial charge is 0.396 e. The highest BCUT2D eigenvalue weighted by atomic mass is 32.1. The molecule has 2 rings (SSSR count). The number of fused-ring (bicyclic) bond motifs is 1. The number of aromatic hydroxyl groups is 1. The van der Waals surface area contributed by atoms with E-state index in [0.717, 1.165) is 11.3 Å². The predicted octanol–water partition coefficient (Wildman–Crippen LogP) is 1.48. The van der Waals surface area contributed by atoms with Crippen LogP contribution in [0.25, 0.3) is 10.3 Å². The van der Waals surface area contributed by atoms with E-state index < -0.39 is 0 Å². The standard InChI is InChI=1S/C10H10O4S/c11-3-1-2-6-4-8-9(5-7(6)12)15-10(13)14-8/h4-5,11-12H,1-3H2. The Morgan fingerprint density at radius 2 is 2.20 bits per heavy atom. The quantitative estimate of drug-likeness (QED) is 0.831. The Bertz CT molecular complexity index is 526. The second-order valence-electron chi connectivity index (χ2n) is 3.21. The molecule has 0 unspecified atom stereocenters. The van der Waals surface area contributed by atoms with E-state index in [1.165, 1.54) is 6.07 Å². The summed E-state index contributed by atoms with van der Waals surface area (Å²) in [6.07, 6.45) is 1.14. The molecule has 0 bridgehead atoms. The van der Waals surface area contributed by atoms with Gasteiger partial charge in [0, 0.05) is 12.7 Å². The number of aryl methyl sites for hydroxylation is 1. The summed E-state index contributed by atoms with van der Waals surface area (Å²) in [6, 6.07) is 3.18. The van der Waals surface area contributed by atoms with Gasteiger partial charge < -0.3 is 14.6 Å². The van der Waals surface area contributed by atoms with Gasteiger partial charge in [-0.25, -0.2) is 4.79 Å². The van der Waals surface area contributed by atoms with Crippen molar-refractivity contribution in [1.29, 1.82) is 0 Å². The summed E-state index contributed by atoms with van der Waals surface area (Å²) in [7, 11) is 0. The van der Waals surface area contributed by atoms with E-state index >= 15 is 0 Å². The van der Waals surface area contributed by atoms with Crippen molar-refractivity contribution in [2.24, 2.45) is 0 Å². The summed E-state index contributed by atoms with van der Waals surface area (Å²) in [5, 5.41) is 18.3. The third-order valence-electron chi connectivity index (χ3n) is 2.14. The molecule has 1 aromatic heterocycles. The molecule has 2 N–H and O–H groups in total. The van der Waals surface area contributed by atoms with Crippen molar-refractivity contribution >= 4 is 21.6 Å². The van der Waals surface area contributed by atoms with Crippen molar-refractivity contribution in [1.82, 2.24) is 0 Å². The van der Waals surface area contributed by atoms with E-state index in [1.807, 2.05) is 0 Å². The molecule has 0 aliphatic rings. The van der Waals surface area contributed by atoms with Crippen molar-refractivity contribution in [2.75, 3.05) is 6.61 Å². The number of benzene rings is 1. The normalized spacial score (nSPS) is 11.0. The highest BCUT2D eigenvalue weighted by molar-refractivity contribution is 7.16. The molecule has 0 aliphatic carbocycles. The van der Waals surface area contributed by atoms with Crippen LogP contribution in [0.3, 0.4) is 0 Å². The summed E-state index contributed by atoms with van der Waals surface area (Å²) in [5.41, 5.74) is 1.19. The molecule has 0 atom stereocenters. The molecular formula is C10H10O4S. The fourth-order valence-corrected chi connectivity index (χ4v) is 2.10. The number of rotatable bonds is 3. The van der Waals surface area contributed by atoms with Crippen LogP contribution in [0, 0.1) is 0 Å². The number of phenols is 1. The molecule has 2 aromatic rings. The number of aliphatic hydroxyl groups is 1. The Kier molecular flexibility index (Phi) is 2.75. The van der Waals surface area contributed by atoms with Gasteiger partial charge in [0.05, 0.1) is 4.70 Å². The molecule has 0 amide bonds. The average molecular weight is 226 g/mol. The molecule has 15 heavy (non-hydrogen) atoms.